The third-order valence-electron chi connectivity index (χ3n) is 5.45. The summed E-state index contributed by atoms with van der Waals surface area (Å²) in [4.78, 5) is 14.6. The molecule has 1 amide bonds. The molecule has 0 aliphatic carbocycles. The van der Waals surface area contributed by atoms with Crippen LogP contribution in [-0.2, 0) is 30.8 Å². The molecule has 174 valence electrons. The highest BCUT2D eigenvalue weighted by Crippen LogP contribution is 2.17. The molecule has 0 saturated carbocycles. The number of carbonyl (C=O) groups excluding carboxylic acids is 1. The van der Waals surface area contributed by atoms with Crippen molar-refractivity contribution in [2.45, 2.75) is 46.0 Å². The molecule has 3 aromatic rings. The second-order valence-corrected chi connectivity index (χ2v) is 8.40. The molecule has 8 heteroatoms. The van der Waals surface area contributed by atoms with E-state index in [0.717, 1.165) is 50.0 Å². The van der Waals surface area contributed by atoms with Crippen LogP contribution in [0, 0.1) is 0 Å². The normalized spacial score (nSPS) is 13.9. The maximum Gasteiger partial charge on any atom is 0.258 e. The summed E-state index contributed by atoms with van der Waals surface area (Å²) in [7, 11) is 0. The number of hydrogen-bond acceptors (Lipinski definition) is 6. The van der Waals surface area contributed by atoms with Gasteiger partial charge >= 0.3 is 0 Å². The zero-order valence-electron chi connectivity index (χ0n) is 19.2. The monoisotopic (exact) mass is 449 g/mol. The second-order valence-electron chi connectivity index (χ2n) is 8.40. The molecule has 4 rings (SSSR count). The lowest BCUT2D eigenvalue weighted by Gasteiger charge is -2.20. The van der Waals surface area contributed by atoms with Crippen molar-refractivity contribution in [1.82, 2.24) is 25.0 Å². The summed E-state index contributed by atoms with van der Waals surface area (Å²) >= 11 is 0. The van der Waals surface area contributed by atoms with Gasteiger partial charge in [0.1, 0.15) is 17.3 Å². The van der Waals surface area contributed by atoms with Crippen molar-refractivity contribution >= 4 is 5.91 Å². The molecule has 8 nitrogen and oxygen atoms in total. The topological polar surface area (TPSA) is 81.5 Å². The number of amides is 1. The third-order valence-corrected chi connectivity index (χ3v) is 5.45. The average Bonchev–Trinajstić information content (AvgIpc) is 3.10. The van der Waals surface area contributed by atoms with Gasteiger partial charge in [0.2, 0.25) is 0 Å². The first-order chi connectivity index (χ1) is 16.1. The molecule has 33 heavy (non-hydrogen) atoms. The second kappa shape index (κ2) is 11.0. The van der Waals surface area contributed by atoms with Crippen molar-refractivity contribution in [1.29, 1.82) is 0 Å². The van der Waals surface area contributed by atoms with E-state index in [1.807, 2.05) is 56.3 Å². The number of benzene rings is 2. The molecule has 1 aliphatic heterocycles. The lowest BCUT2D eigenvalue weighted by molar-refractivity contribution is -0.123. The van der Waals surface area contributed by atoms with E-state index in [4.69, 9.17) is 9.47 Å². The third kappa shape index (κ3) is 6.55. The number of nitrogens with zero attached hydrogens (tertiary/aromatic N) is 4. The van der Waals surface area contributed by atoms with Crippen LogP contribution in [0.25, 0.3) is 0 Å². The largest absolute Gasteiger partial charge is 0.491 e. The van der Waals surface area contributed by atoms with Crippen LogP contribution in [0.15, 0.2) is 54.6 Å². The van der Waals surface area contributed by atoms with Crippen LogP contribution < -0.4 is 14.8 Å². The van der Waals surface area contributed by atoms with Gasteiger partial charge in [0.05, 0.1) is 12.6 Å². The Kier molecular flexibility index (Phi) is 7.57. The van der Waals surface area contributed by atoms with E-state index in [2.05, 4.69) is 37.1 Å². The molecule has 1 aromatic heterocycles. The van der Waals surface area contributed by atoms with Crippen molar-refractivity contribution in [3.63, 3.8) is 0 Å². The predicted octanol–water partition coefficient (Wildman–Crippen LogP) is 2.82. The fraction of sp³-hybridized carbons (Fsp3) is 0.400. The minimum atomic E-state index is -0.184. The van der Waals surface area contributed by atoms with E-state index in [0.29, 0.717) is 12.3 Å². The maximum absolute atomic E-state index is 12.2. The van der Waals surface area contributed by atoms with Gasteiger partial charge in [0.15, 0.2) is 12.4 Å². The molecular weight excluding hydrogens is 418 g/mol. The van der Waals surface area contributed by atoms with E-state index in [9.17, 15) is 4.79 Å². The smallest absolute Gasteiger partial charge is 0.258 e. The molecule has 0 saturated heterocycles. The van der Waals surface area contributed by atoms with Crippen molar-refractivity contribution in [3.8, 4) is 11.5 Å². The van der Waals surface area contributed by atoms with Gasteiger partial charge in [-0.1, -0.05) is 30.3 Å². The summed E-state index contributed by atoms with van der Waals surface area (Å²) in [5.41, 5.74) is 1.26. The number of rotatable bonds is 9. The molecule has 2 aromatic carbocycles. The van der Waals surface area contributed by atoms with Crippen molar-refractivity contribution < 1.29 is 14.3 Å². The molecule has 0 radical (unpaired) electrons. The Bertz CT molecular complexity index is 1030. The highest BCUT2D eigenvalue weighted by atomic mass is 16.5. The number of carbonyl (C=O) groups is 1. The summed E-state index contributed by atoms with van der Waals surface area (Å²) in [5, 5.41) is 11.5. The van der Waals surface area contributed by atoms with Gasteiger partial charge in [0.25, 0.3) is 5.91 Å². The zero-order chi connectivity index (χ0) is 23.0. The van der Waals surface area contributed by atoms with E-state index in [1.54, 1.807) is 0 Å². The van der Waals surface area contributed by atoms with Gasteiger partial charge in [0, 0.05) is 32.6 Å². The molecular formula is C25H31N5O3. The SMILES string of the molecule is CC(C)Oc1ccc(CN2CCc3nnc(CNC(=O)COc4ccccc4)n3CC2)cc1. The van der Waals surface area contributed by atoms with Gasteiger partial charge in [-0.25, -0.2) is 0 Å². The maximum atomic E-state index is 12.2. The quantitative estimate of drug-likeness (QED) is 0.541. The minimum Gasteiger partial charge on any atom is -0.491 e. The summed E-state index contributed by atoms with van der Waals surface area (Å²) in [6, 6.07) is 17.6. The number of hydrogen-bond donors (Lipinski definition) is 1. The van der Waals surface area contributed by atoms with Crippen molar-refractivity contribution in [2.75, 3.05) is 19.7 Å². The average molecular weight is 450 g/mol. The van der Waals surface area contributed by atoms with Gasteiger partial charge < -0.3 is 19.4 Å². The first-order valence-electron chi connectivity index (χ1n) is 11.4. The molecule has 0 atom stereocenters. The molecule has 2 heterocycles. The summed E-state index contributed by atoms with van der Waals surface area (Å²) < 4.78 is 13.4. The fourth-order valence-electron chi connectivity index (χ4n) is 3.81. The van der Waals surface area contributed by atoms with E-state index < -0.39 is 0 Å². The fourth-order valence-corrected chi connectivity index (χ4v) is 3.81. The van der Waals surface area contributed by atoms with Gasteiger partial charge in [-0.3, -0.25) is 9.69 Å². The summed E-state index contributed by atoms with van der Waals surface area (Å²) in [6.45, 7) is 7.85. The molecule has 1 N–H and O–H groups in total. The summed E-state index contributed by atoms with van der Waals surface area (Å²) in [6.07, 6.45) is 1.000. The number of para-hydroxylation sites is 1. The van der Waals surface area contributed by atoms with Gasteiger partial charge in [-0.2, -0.15) is 0 Å². The number of fused-ring (bicyclic) bond motifs is 1. The zero-order valence-corrected chi connectivity index (χ0v) is 19.2. The number of nitrogens with one attached hydrogen (secondary N) is 1. The number of aromatic nitrogens is 3. The standard InChI is InChI=1S/C25H31N5O3/c1-19(2)33-22-10-8-20(9-11-22)17-29-13-12-23-27-28-24(30(23)15-14-29)16-26-25(31)18-32-21-6-4-3-5-7-21/h3-11,19H,12-18H2,1-2H3,(H,26,31). The van der Waals surface area contributed by atoms with Gasteiger partial charge in [-0.15, -0.1) is 10.2 Å². The van der Waals surface area contributed by atoms with Crippen LogP contribution >= 0.6 is 0 Å². The van der Waals surface area contributed by atoms with Crippen LogP contribution in [0.3, 0.4) is 0 Å². The van der Waals surface area contributed by atoms with Gasteiger partial charge in [-0.05, 0) is 43.7 Å². The molecule has 0 fully saturated rings. The van der Waals surface area contributed by atoms with Crippen molar-refractivity contribution in [2.24, 2.45) is 0 Å². The summed E-state index contributed by atoms with van der Waals surface area (Å²) in [5.74, 6) is 3.12. The minimum absolute atomic E-state index is 0.0280. The van der Waals surface area contributed by atoms with E-state index in [-0.39, 0.29) is 18.6 Å². The highest BCUT2D eigenvalue weighted by Gasteiger charge is 2.19. The molecule has 0 spiro atoms. The Balaban J connectivity index is 1.26. The predicted molar refractivity (Wildman–Crippen MR) is 125 cm³/mol. The van der Waals surface area contributed by atoms with E-state index >= 15 is 0 Å². The Morgan fingerprint density at radius 3 is 2.55 bits per heavy atom. The molecule has 0 unspecified atom stereocenters. The van der Waals surface area contributed by atoms with E-state index in [1.165, 1.54) is 5.56 Å². The first-order valence-corrected chi connectivity index (χ1v) is 11.4. The first kappa shape index (κ1) is 22.8. The van der Waals surface area contributed by atoms with Crippen molar-refractivity contribution in [3.05, 3.63) is 71.8 Å². The lowest BCUT2D eigenvalue weighted by Crippen LogP contribution is -2.30. The van der Waals surface area contributed by atoms with Crippen LogP contribution in [0.2, 0.25) is 0 Å². The Morgan fingerprint density at radius 1 is 1.00 bits per heavy atom. The Labute approximate surface area is 194 Å². The lowest BCUT2D eigenvalue weighted by atomic mass is 10.2. The Hall–Kier alpha value is -3.39. The van der Waals surface area contributed by atoms with Crippen LogP contribution in [0.5, 0.6) is 11.5 Å². The Morgan fingerprint density at radius 2 is 1.79 bits per heavy atom. The van der Waals surface area contributed by atoms with Crippen LogP contribution in [0.4, 0.5) is 0 Å². The highest BCUT2D eigenvalue weighted by molar-refractivity contribution is 5.77. The molecule has 1 aliphatic rings. The molecule has 0 bridgehead atoms. The number of ether oxygens (including phenoxy) is 2. The van der Waals surface area contributed by atoms with Crippen LogP contribution in [-0.4, -0.2) is 51.4 Å². The van der Waals surface area contributed by atoms with Crippen LogP contribution in [0.1, 0.15) is 31.1 Å².